The van der Waals surface area contributed by atoms with Gasteiger partial charge in [0.25, 0.3) is 0 Å². The number of anilines is 1. The van der Waals surface area contributed by atoms with E-state index in [0.29, 0.717) is 11.6 Å². The zero-order valence-corrected chi connectivity index (χ0v) is 14.3. The maximum Gasteiger partial charge on any atom is 0.159 e. The van der Waals surface area contributed by atoms with Crippen LogP contribution < -0.4 is 5.43 Å². The van der Waals surface area contributed by atoms with Gasteiger partial charge in [-0.15, -0.1) is 0 Å². The van der Waals surface area contributed by atoms with Gasteiger partial charge in [0, 0.05) is 16.2 Å². The highest BCUT2D eigenvalue weighted by molar-refractivity contribution is 9.10. The Bertz CT molecular complexity index is 838. The molecule has 0 aliphatic heterocycles. The molecule has 1 aromatic carbocycles. The zero-order valence-electron chi connectivity index (χ0n) is 12.7. The Labute approximate surface area is 142 Å². The molecule has 0 aliphatic rings. The van der Waals surface area contributed by atoms with E-state index in [1.54, 1.807) is 17.0 Å². The Hall–Kier alpha value is -2.54. The van der Waals surface area contributed by atoms with Crippen molar-refractivity contribution in [2.24, 2.45) is 5.10 Å². The van der Waals surface area contributed by atoms with Crippen molar-refractivity contribution in [2.45, 2.75) is 13.8 Å². The largest absolute Gasteiger partial charge is 0.261 e. The second-order valence-corrected chi connectivity index (χ2v) is 5.94. The van der Waals surface area contributed by atoms with Gasteiger partial charge >= 0.3 is 0 Å². The van der Waals surface area contributed by atoms with Crippen LogP contribution in [0.4, 0.5) is 5.82 Å². The first-order valence-corrected chi connectivity index (χ1v) is 7.81. The average molecular weight is 371 g/mol. The minimum atomic E-state index is 0.607. The molecule has 2 heterocycles. The third-order valence-electron chi connectivity index (χ3n) is 3.14. The van der Waals surface area contributed by atoms with Crippen LogP contribution in [0.1, 0.15) is 17.0 Å². The van der Waals surface area contributed by atoms with E-state index in [0.717, 1.165) is 21.4 Å². The van der Waals surface area contributed by atoms with Crippen LogP contribution in [0.3, 0.4) is 0 Å². The standard InChI is InChI=1S/C16H15BrN6/c1-11-7-12(2)23(22-11)16-8-15(18-10-19-16)21-20-9-13-3-5-14(17)6-4-13/h3-10H,1-2H3,(H,18,19,21)/b20-9-. The van der Waals surface area contributed by atoms with Gasteiger partial charge < -0.3 is 0 Å². The van der Waals surface area contributed by atoms with Gasteiger partial charge in [0.2, 0.25) is 0 Å². The van der Waals surface area contributed by atoms with Gasteiger partial charge in [-0.2, -0.15) is 10.2 Å². The second kappa shape index (κ2) is 6.70. The first-order chi connectivity index (χ1) is 11.1. The summed E-state index contributed by atoms with van der Waals surface area (Å²) in [6, 6.07) is 11.7. The maximum absolute atomic E-state index is 4.41. The normalized spacial score (nSPS) is 11.1. The van der Waals surface area contributed by atoms with Crippen LogP contribution in [0.25, 0.3) is 5.82 Å². The molecule has 0 amide bonds. The van der Waals surface area contributed by atoms with Crippen LogP contribution in [0, 0.1) is 13.8 Å². The number of hydrogen-bond acceptors (Lipinski definition) is 5. The van der Waals surface area contributed by atoms with Crippen molar-refractivity contribution in [1.29, 1.82) is 0 Å². The van der Waals surface area contributed by atoms with E-state index in [1.807, 2.05) is 44.2 Å². The lowest BCUT2D eigenvalue weighted by molar-refractivity contribution is 0.801. The van der Waals surface area contributed by atoms with Crippen LogP contribution in [0.15, 0.2) is 52.3 Å². The first-order valence-electron chi connectivity index (χ1n) is 7.02. The topological polar surface area (TPSA) is 68.0 Å². The highest BCUT2D eigenvalue weighted by Gasteiger charge is 2.06. The van der Waals surface area contributed by atoms with E-state index in [2.05, 4.69) is 41.5 Å². The van der Waals surface area contributed by atoms with Crippen molar-refractivity contribution >= 4 is 28.0 Å². The molecule has 0 radical (unpaired) electrons. The number of hydrazone groups is 1. The minimum absolute atomic E-state index is 0.607. The van der Waals surface area contributed by atoms with Crippen molar-refractivity contribution in [3.8, 4) is 5.82 Å². The molecule has 0 spiro atoms. The van der Waals surface area contributed by atoms with Gasteiger partial charge in [-0.1, -0.05) is 28.1 Å². The van der Waals surface area contributed by atoms with Crippen molar-refractivity contribution in [1.82, 2.24) is 19.7 Å². The molecule has 0 bridgehead atoms. The van der Waals surface area contributed by atoms with Gasteiger partial charge in [-0.05, 0) is 37.6 Å². The molecule has 6 nitrogen and oxygen atoms in total. The predicted molar refractivity (Wildman–Crippen MR) is 94.0 cm³/mol. The Balaban J connectivity index is 1.75. The summed E-state index contributed by atoms with van der Waals surface area (Å²) in [5.41, 5.74) is 5.87. The van der Waals surface area contributed by atoms with Crippen LogP contribution in [0.5, 0.6) is 0 Å². The van der Waals surface area contributed by atoms with Gasteiger partial charge in [0.15, 0.2) is 11.6 Å². The second-order valence-electron chi connectivity index (χ2n) is 5.02. The summed E-state index contributed by atoms with van der Waals surface area (Å²) in [6.07, 6.45) is 3.22. The van der Waals surface area contributed by atoms with E-state index in [1.165, 1.54) is 6.33 Å². The molecule has 3 rings (SSSR count). The number of aryl methyl sites for hydroxylation is 2. The fourth-order valence-corrected chi connectivity index (χ4v) is 2.37. The fraction of sp³-hybridized carbons (Fsp3) is 0.125. The van der Waals surface area contributed by atoms with Gasteiger partial charge in [0.1, 0.15) is 6.33 Å². The highest BCUT2D eigenvalue weighted by Crippen LogP contribution is 2.12. The van der Waals surface area contributed by atoms with Crippen LogP contribution in [-0.2, 0) is 0 Å². The smallest absolute Gasteiger partial charge is 0.159 e. The number of nitrogens with zero attached hydrogens (tertiary/aromatic N) is 5. The van der Waals surface area contributed by atoms with Crippen LogP contribution in [0.2, 0.25) is 0 Å². The third kappa shape index (κ3) is 3.81. The SMILES string of the molecule is Cc1cc(C)n(-c2cc(N/N=C\c3ccc(Br)cc3)ncn2)n1. The number of hydrogen-bond donors (Lipinski definition) is 1. The first kappa shape index (κ1) is 15.4. The molecule has 3 aromatic rings. The third-order valence-corrected chi connectivity index (χ3v) is 3.67. The molecular formula is C16H15BrN6. The summed E-state index contributed by atoms with van der Waals surface area (Å²) in [6.45, 7) is 3.94. The summed E-state index contributed by atoms with van der Waals surface area (Å²) in [4.78, 5) is 8.41. The number of rotatable bonds is 4. The molecule has 0 unspecified atom stereocenters. The summed E-state index contributed by atoms with van der Waals surface area (Å²) in [7, 11) is 0. The number of aromatic nitrogens is 4. The van der Waals surface area contributed by atoms with E-state index in [9.17, 15) is 0 Å². The Kier molecular flexibility index (Phi) is 4.47. The van der Waals surface area contributed by atoms with Gasteiger partial charge in [0.05, 0.1) is 11.9 Å². The van der Waals surface area contributed by atoms with Crippen LogP contribution in [-0.4, -0.2) is 26.0 Å². The number of halogens is 1. The summed E-state index contributed by atoms with van der Waals surface area (Å²) in [5.74, 6) is 1.31. The van der Waals surface area contributed by atoms with E-state index in [-0.39, 0.29) is 0 Å². The molecule has 116 valence electrons. The number of benzene rings is 1. The molecule has 0 atom stereocenters. The van der Waals surface area contributed by atoms with Crippen molar-refractivity contribution < 1.29 is 0 Å². The molecule has 0 aliphatic carbocycles. The minimum Gasteiger partial charge on any atom is -0.261 e. The summed E-state index contributed by atoms with van der Waals surface area (Å²) in [5, 5.41) is 8.61. The van der Waals surface area contributed by atoms with E-state index < -0.39 is 0 Å². The van der Waals surface area contributed by atoms with Crippen molar-refractivity contribution in [3.63, 3.8) is 0 Å². The molecule has 0 fully saturated rings. The van der Waals surface area contributed by atoms with Crippen molar-refractivity contribution in [3.05, 3.63) is 64.1 Å². The Morgan fingerprint density at radius 3 is 2.61 bits per heavy atom. The van der Waals surface area contributed by atoms with Gasteiger partial charge in [-0.3, -0.25) is 5.43 Å². The van der Waals surface area contributed by atoms with E-state index in [4.69, 9.17) is 0 Å². The molecule has 1 N–H and O–H groups in total. The molecule has 7 heteroatoms. The average Bonchev–Trinajstić information content (AvgIpc) is 2.88. The Morgan fingerprint density at radius 1 is 1.13 bits per heavy atom. The molecule has 0 saturated heterocycles. The van der Waals surface area contributed by atoms with Crippen molar-refractivity contribution in [2.75, 3.05) is 5.43 Å². The number of nitrogens with one attached hydrogen (secondary N) is 1. The Morgan fingerprint density at radius 2 is 1.91 bits per heavy atom. The molecular weight excluding hydrogens is 356 g/mol. The molecule has 0 saturated carbocycles. The monoisotopic (exact) mass is 370 g/mol. The maximum atomic E-state index is 4.41. The lowest BCUT2D eigenvalue weighted by atomic mass is 10.2. The predicted octanol–water partition coefficient (Wildman–Crippen LogP) is 3.49. The molecule has 23 heavy (non-hydrogen) atoms. The van der Waals surface area contributed by atoms with E-state index >= 15 is 0 Å². The lowest BCUT2D eigenvalue weighted by Gasteiger charge is -2.04. The fourth-order valence-electron chi connectivity index (χ4n) is 2.11. The van der Waals surface area contributed by atoms with Crippen LogP contribution >= 0.6 is 15.9 Å². The summed E-state index contributed by atoms with van der Waals surface area (Å²) < 4.78 is 2.81. The highest BCUT2D eigenvalue weighted by atomic mass is 79.9. The lowest BCUT2D eigenvalue weighted by Crippen LogP contribution is -2.04. The molecule has 2 aromatic heterocycles. The quantitative estimate of drug-likeness (QED) is 0.563. The van der Waals surface area contributed by atoms with Gasteiger partial charge in [-0.25, -0.2) is 14.6 Å². The zero-order chi connectivity index (χ0) is 16.2. The summed E-state index contributed by atoms with van der Waals surface area (Å²) >= 11 is 3.40.